The number of carbonyl (C=O) groups is 4. The van der Waals surface area contributed by atoms with Gasteiger partial charge in [0.15, 0.2) is 12.6 Å². The van der Waals surface area contributed by atoms with Gasteiger partial charge in [0.2, 0.25) is 17.7 Å². The predicted molar refractivity (Wildman–Crippen MR) is 163 cm³/mol. The lowest BCUT2D eigenvalue weighted by Crippen LogP contribution is -2.57. The highest BCUT2D eigenvalue weighted by Crippen LogP contribution is 2.22. The molecule has 0 radical (unpaired) electrons. The Bertz CT molecular complexity index is 973. The molecule has 2 rings (SSSR count). The van der Waals surface area contributed by atoms with Crippen LogP contribution in [0, 0.1) is 0 Å². The number of aliphatic hydroxyl groups is 6. The first-order valence-corrected chi connectivity index (χ1v) is 15.8. The van der Waals surface area contributed by atoms with E-state index < -0.39 is 85.2 Å². The van der Waals surface area contributed by atoms with E-state index in [1.165, 1.54) is 25.8 Å². The number of ether oxygens (including phenoxy) is 6. The summed E-state index contributed by atoms with van der Waals surface area (Å²) in [5, 5.41) is 69.5. The molecule has 2 heterocycles. The Balaban J connectivity index is 1.81. The Morgan fingerprint density at radius 1 is 0.592 bits per heavy atom. The van der Waals surface area contributed by atoms with Gasteiger partial charge in [-0.2, -0.15) is 0 Å². The molecule has 284 valence electrons. The maximum absolute atomic E-state index is 12.7. The van der Waals surface area contributed by atoms with Gasteiger partial charge in [0.05, 0.1) is 58.3 Å². The summed E-state index contributed by atoms with van der Waals surface area (Å²) in [5.41, 5.74) is 0. The Kier molecular flexibility index (Phi) is 19.1. The molecular weight excluding hydrogens is 662 g/mol. The van der Waals surface area contributed by atoms with Gasteiger partial charge in [0.25, 0.3) is 0 Å². The molecule has 0 bridgehead atoms. The fraction of sp³-hybridized carbons (Fsp3) is 0.857. The van der Waals surface area contributed by atoms with Crippen molar-refractivity contribution in [2.45, 2.75) is 75.3 Å². The van der Waals surface area contributed by atoms with E-state index in [0.717, 1.165) is 0 Å². The van der Waals surface area contributed by atoms with E-state index in [4.69, 9.17) is 28.4 Å². The van der Waals surface area contributed by atoms with Crippen molar-refractivity contribution in [3.8, 4) is 0 Å². The van der Waals surface area contributed by atoms with E-state index >= 15 is 0 Å². The van der Waals surface area contributed by atoms with Crippen molar-refractivity contribution < 1.29 is 78.2 Å². The number of rotatable bonds is 20. The van der Waals surface area contributed by atoms with Crippen LogP contribution >= 0.6 is 0 Å². The minimum Gasteiger partial charge on any atom is -0.447 e. The van der Waals surface area contributed by atoms with Gasteiger partial charge in [-0.05, 0) is 13.8 Å². The molecule has 0 aromatic carbocycles. The van der Waals surface area contributed by atoms with Gasteiger partial charge < -0.3 is 80.3 Å². The van der Waals surface area contributed by atoms with Crippen molar-refractivity contribution in [2.75, 3.05) is 79.4 Å². The summed E-state index contributed by atoms with van der Waals surface area (Å²) in [6, 6.07) is 0. The zero-order valence-corrected chi connectivity index (χ0v) is 27.8. The lowest BCUT2D eigenvalue weighted by Gasteiger charge is -2.38. The summed E-state index contributed by atoms with van der Waals surface area (Å²) >= 11 is 0. The molecular formula is C28H51N5O16. The Hall–Kier alpha value is -2.80. The number of nitrogens with one attached hydrogen (secondary N) is 4. The fourth-order valence-electron chi connectivity index (χ4n) is 4.61. The minimum absolute atomic E-state index is 0.0125. The van der Waals surface area contributed by atoms with Crippen LogP contribution in [0.2, 0.25) is 0 Å². The first-order chi connectivity index (χ1) is 23.2. The van der Waals surface area contributed by atoms with Gasteiger partial charge in [-0.3, -0.25) is 19.3 Å². The Morgan fingerprint density at radius 2 is 1.00 bits per heavy atom. The second-order valence-corrected chi connectivity index (χ2v) is 11.3. The van der Waals surface area contributed by atoms with Crippen molar-refractivity contribution in [1.82, 2.24) is 26.2 Å². The van der Waals surface area contributed by atoms with Crippen molar-refractivity contribution in [3.05, 3.63) is 0 Å². The summed E-state index contributed by atoms with van der Waals surface area (Å²) in [5.74, 6) is -1.66. The van der Waals surface area contributed by atoms with Gasteiger partial charge >= 0.3 is 6.09 Å². The SMILES string of the molecule is CNC(=O)OCCOCCNC(=O)CN(CC(=O)NCCO[C@@H]1O[C@@H](C)[C@@H](O)[C@@H](O)[C@@H]1O)CC(=O)NCCO[C@@H]1O[C@@H](C)[C@@H](O)[C@@H](O)[C@@H]1O. The number of alkyl carbamates (subject to hydrolysis) is 1. The molecule has 0 aromatic rings. The van der Waals surface area contributed by atoms with Crippen LogP contribution in [0.5, 0.6) is 0 Å². The van der Waals surface area contributed by atoms with Crippen molar-refractivity contribution >= 4 is 23.8 Å². The van der Waals surface area contributed by atoms with Crippen molar-refractivity contribution in [1.29, 1.82) is 0 Å². The summed E-state index contributed by atoms with van der Waals surface area (Å²) in [6.07, 6.45) is -13.3. The summed E-state index contributed by atoms with van der Waals surface area (Å²) in [4.78, 5) is 50.2. The number of hydrogen-bond donors (Lipinski definition) is 10. The van der Waals surface area contributed by atoms with Crippen LogP contribution in [0.3, 0.4) is 0 Å². The zero-order chi connectivity index (χ0) is 36.5. The van der Waals surface area contributed by atoms with E-state index in [0.29, 0.717) is 0 Å². The van der Waals surface area contributed by atoms with E-state index in [9.17, 15) is 49.8 Å². The molecule has 0 aliphatic carbocycles. The third-order valence-electron chi connectivity index (χ3n) is 7.36. The normalized spacial score (nSPS) is 30.0. The number of hydrogen-bond acceptors (Lipinski definition) is 17. The number of amides is 4. The third kappa shape index (κ3) is 14.9. The molecule has 21 heteroatoms. The van der Waals surface area contributed by atoms with Gasteiger partial charge in [-0.25, -0.2) is 4.79 Å². The highest BCUT2D eigenvalue weighted by Gasteiger charge is 2.43. The van der Waals surface area contributed by atoms with Crippen LogP contribution in [0.1, 0.15) is 13.8 Å². The van der Waals surface area contributed by atoms with Crippen LogP contribution < -0.4 is 21.3 Å². The molecule has 10 N–H and O–H groups in total. The summed E-state index contributed by atoms with van der Waals surface area (Å²) in [7, 11) is 1.41. The van der Waals surface area contributed by atoms with Crippen LogP contribution in [0.4, 0.5) is 4.79 Å². The highest BCUT2D eigenvalue weighted by molar-refractivity contribution is 5.84. The lowest BCUT2D eigenvalue weighted by atomic mass is 10.0. The molecule has 4 amide bonds. The molecule has 0 spiro atoms. The van der Waals surface area contributed by atoms with E-state index in [1.807, 2.05) is 0 Å². The van der Waals surface area contributed by atoms with Gasteiger partial charge in [0, 0.05) is 26.7 Å². The first kappa shape index (κ1) is 42.4. The predicted octanol–water partition coefficient (Wildman–Crippen LogP) is -6.30. The van der Waals surface area contributed by atoms with Gasteiger partial charge in [-0.15, -0.1) is 0 Å². The molecule has 49 heavy (non-hydrogen) atoms. The zero-order valence-electron chi connectivity index (χ0n) is 27.8. The van der Waals surface area contributed by atoms with Crippen molar-refractivity contribution in [3.63, 3.8) is 0 Å². The monoisotopic (exact) mass is 713 g/mol. The highest BCUT2D eigenvalue weighted by atomic mass is 16.7. The number of aliphatic hydroxyl groups excluding tert-OH is 6. The van der Waals surface area contributed by atoms with Crippen LogP contribution in [0.15, 0.2) is 0 Å². The first-order valence-electron chi connectivity index (χ1n) is 15.8. The van der Waals surface area contributed by atoms with E-state index in [1.54, 1.807) is 0 Å². The maximum atomic E-state index is 12.7. The molecule has 0 aromatic heterocycles. The summed E-state index contributed by atoms with van der Waals surface area (Å²) in [6.45, 7) is 1.82. The molecule has 21 nitrogen and oxygen atoms in total. The topological polar surface area (TPSA) is 296 Å². The quantitative estimate of drug-likeness (QED) is 0.0525. The maximum Gasteiger partial charge on any atom is 0.406 e. The van der Waals surface area contributed by atoms with Crippen LogP contribution in [-0.2, 0) is 42.8 Å². The summed E-state index contributed by atoms with van der Waals surface area (Å²) < 4.78 is 31.5. The van der Waals surface area contributed by atoms with Crippen molar-refractivity contribution in [2.24, 2.45) is 0 Å². The second-order valence-electron chi connectivity index (χ2n) is 11.3. The van der Waals surface area contributed by atoms with Crippen LogP contribution in [-0.4, -0.2) is 200 Å². The molecule has 2 aliphatic heterocycles. The molecule has 2 saturated heterocycles. The van der Waals surface area contributed by atoms with Gasteiger partial charge in [-0.1, -0.05) is 0 Å². The molecule has 0 saturated carbocycles. The average molecular weight is 714 g/mol. The number of carbonyl (C=O) groups excluding carboxylic acids is 4. The van der Waals surface area contributed by atoms with Gasteiger partial charge in [0.1, 0.15) is 43.2 Å². The van der Waals surface area contributed by atoms with E-state index in [-0.39, 0.29) is 72.3 Å². The molecule has 2 aliphatic rings. The fourth-order valence-corrected chi connectivity index (χ4v) is 4.61. The minimum atomic E-state index is -1.51. The second kappa shape index (κ2) is 22.1. The Morgan fingerprint density at radius 3 is 1.41 bits per heavy atom. The molecule has 2 fully saturated rings. The number of nitrogens with zero attached hydrogens (tertiary/aromatic N) is 1. The average Bonchev–Trinajstić information content (AvgIpc) is 3.06. The van der Waals surface area contributed by atoms with E-state index in [2.05, 4.69) is 21.3 Å². The smallest absolute Gasteiger partial charge is 0.406 e. The van der Waals surface area contributed by atoms with Crippen LogP contribution in [0.25, 0.3) is 0 Å². The Labute approximate surface area is 283 Å². The third-order valence-corrected chi connectivity index (χ3v) is 7.36. The standard InChI is InChI=1S/C28H51N5O16/c1-15-20(37)22(39)24(41)26(48-15)45-8-5-31-18(35)13-33(12-17(34)30-4-7-44-10-11-47-28(43)29-3)14-19(36)32-6-9-46-27-25(42)23(40)21(38)16(2)49-27/h15-16,20-27,37-42H,4-14H2,1-3H3,(H,29,43)(H,30,34)(H,31,35)(H,32,36)/t15-,16-,20+,21+,22+,23+,24-,25-,26+,27+/m0/s1. The lowest BCUT2D eigenvalue weighted by molar-refractivity contribution is -0.292. The molecule has 0 unspecified atom stereocenters. The molecule has 10 atom stereocenters. The largest absolute Gasteiger partial charge is 0.447 e.